The number of hydrogen-bond acceptors (Lipinski definition) is 3. The Hall–Kier alpha value is -1.55. The molecule has 0 aliphatic carbocycles. The van der Waals surface area contributed by atoms with Gasteiger partial charge in [-0.2, -0.15) is 0 Å². The molecule has 1 aromatic carbocycles. The topological polar surface area (TPSA) is 38.8 Å². The minimum atomic E-state index is 0.0324. The van der Waals surface area contributed by atoms with E-state index in [0.717, 1.165) is 6.42 Å². The zero-order valence-corrected chi connectivity index (χ0v) is 10.7. The van der Waals surface area contributed by atoms with Crippen molar-refractivity contribution in [2.75, 3.05) is 32.9 Å². The highest BCUT2D eigenvalue weighted by Gasteiger charge is 2.21. The van der Waals surface area contributed by atoms with E-state index in [1.165, 1.54) is 0 Å². The fourth-order valence-electron chi connectivity index (χ4n) is 1.92. The van der Waals surface area contributed by atoms with Crippen molar-refractivity contribution < 1.29 is 14.3 Å². The normalized spacial score (nSPS) is 15.5. The largest absolute Gasteiger partial charge is 0.493 e. The van der Waals surface area contributed by atoms with Crippen LogP contribution in [-0.4, -0.2) is 43.7 Å². The maximum atomic E-state index is 12.4. The van der Waals surface area contributed by atoms with Gasteiger partial charge in [-0.05, 0) is 18.6 Å². The lowest BCUT2D eigenvalue weighted by Gasteiger charge is -2.27. The van der Waals surface area contributed by atoms with E-state index in [1.54, 1.807) is 0 Å². The average Bonchev–Trinajstić information content (AvgIpc) is 2.45. The predicted molar refractivity (Wildman–Crippen MR) is 69.0 cm³/mol. The van der Waals surface area contributed by atoms with Crippen LogP contribution < -0.4 is 4.74 Å². The molecule has 1 heterocycles. The molecule has 0 radical (unpaired) electrons. The summed E-state index contributed by atoms with van der Waals surface area (Å²) >= 11 is 0. The molecule has 1 aromatic rings. The average molecular weight is 249 g/mol. The lowest BCUT2D eigenvalue weighted by Crippen LogP contribution is -2.40. The summed E-state index contributed by atoms with van der Waals surface area (Å²) in [5.74, 6) is 0.709. The Morgan fingerprint density at radius 1 is 1.33 bits per heavy atom. The number of amides is 1. The number of para-hydroxylation sites is 1. The van der Waals surface area contributed by atoms with Gasteiger partial charge in [-0.25, -0.2) is 0 Å². The Morgan fingerprint density at radius 2 is 2.06 bits per heavy atom. The van der Waals surface area contributed by atoms with Gasteiger partial charge in [-0.1, -0.05) is 19.1 Å². The van der Waals surface area contributed by atoms with Crippen LogP contribution in [0.25, 0.3) is 0 Å². The van der Waals surface area contributed by atoms with E-state index < -0.39 is 0 Å². The molecule has 4 heteroatoms. The molecule has 0 bridgehead atoms. The third-order valence-electron chi connectivity index (χ3n) is 2.88. The second-order valence-electron chi connectivity index (χ2n) is 4.25. The Morgan fingerprint density at radius 3 is 2.78 bits per heavy atom. The lowest BCUT2D eigenvalue weighted by molar-refractivity contribution is 0.0300. The molecule has 1 aliphatic heterocycles. The Labute approximate surface area is 107 Å². The third-order valence-corrected chi connectivity index (χ3v) is 2.88. The van der Waals surface area contributed by atoms with Gasteiger partial charge in [-0.15, -0.1) is 0 Å². The number of ether oxygens (including phenoxy) is 2. The molecule has 1 fully saturated rings. The summed E-state index contributed by atoms with van der Waals surface area (Å²) in [4.78, 5) is 14.2. The van der Waals surface area contributed by atoms with Crippen molar-refractivity contribution in [2.45, 2.75) is 13.3 Å². The fraction of sp³-hybridized carbons (Fsp3) is 0.500. The zero-order valence-electron chi connectivity index (χ0n) is 10.7. The number of carbonyl (C=O) groups excluding carboxylic acids is 1. The van der Waals surface area contributed by atoms with Crippen molar-refractivity contribution in [3.8, 4) is 5.75 Å². The molecule has 0 spiro atoms. The van der Waals surface area contributed by atoms with Crippen LogP contribution in [0, 0.1) is 0 Å². The summed E-state index contributed by atoms with van der Waals surface area (Å²) in [5.41, 5.74) is 0.646. The van der Waals surface area contributed by atoms with E-state index in [1.807, 2.05) is 36.1 Å². The molecular formula is C14H19NO3. The van der Waals surface area contributed by atoms with Crippen LogP contribution in [0.3, 0.4) is 0 Å². The number of hydrogen-bond donors (Lipinski definition) is 0. The summed E-state index contributed by atoms with van der Waals surface area (Å²) in [7, 11) is 0. The van der Waals surface area contributed by atoms with Crippen LogP contribution in [0.4, 0.5) is 0 Å². The van der Waals surface area contributed by atoms with Gasteiger partial charge in [0.15, 0.2) is 0 Å². The van der Waals surface area contributed by atoms with Gasteiger partial charge in [0.1, 0.15) is 5.75 Å². The molecule has 0 aromatic heterocycles. The maximum absolute atomic E-state index is 12.4. The molecule has 0 atom stereocenters. The zero-order chi connectivity index (χ0) is 12.8. The molecular weight excluding hydrogens is 230 g/mol. The number of carbonyl (C=O) groups is 1. The molecule has 0 N–H and O–H groups in total. The van der Waals surface area contributed by atoms with Gasteiger partial charge in [-0.3, -0.25) is 4.79 Å². The summed E-state index contributed by atoms with van der Waals surface area (Å²) < 4.78 is 10.9. The summed E-state index contributed by atoms with van der Waals surface area (Å²) in [6, 6.07) is 7.43. The third kappa shape index (κ3) is 3.01. The molecule has 1 saturated heterocycles. The summed E-state index contributed by atoms with van der Waals surface area (Å²) in [5, 5.41) is 0. The first-order chi connectivity index (χ1) is 8.83. The molecule has 18 heavy (non-hydrogen) atoms. The first kappa shape index (κ1) is 12.9. The molecule has 4 nitrogen and oxygen atoms in total. The van der Waals surface area contributed by atoms with Gasteiger partial charge < -0.3 is 14.4 Å². The first-order valence-electron chi connectivity index (χ1n) is 6.41. The number of rotatable bonds is 4. The predicted octanol–water partition coefficient (Wildman–Crippen LogP) is 1.95. The van der Waals surface area contributed by atoms with Crippen LogP contribution >= 0.6 is 0 Å². The van der Waals surface area contributed by atoms with Gasteiger partial charge in [0.25, 0.3) is 5.91 Å². The maximum Gasteiger partial charge on any atom is 0.257 e. The number of nitrogens with zero attached hydrogens (tertiary/aromatic N) is 1. The van der Waals surface area contributed by atoms with Crippen molar-refractivity contribution in [1.82, 2.24) is 4.90 Å². The monoisotopic (exact) mass is 249 g/mol. The highest BCUT2D eigenvalue weighted by atomic mass is 16.5. The highest BCUT2D eigenvalue weighted by molar-refractivity contribution is 5.97. The lowest BCUT2D eigenvalue weighted by atomic mass is 10.1. The van der Waals surface area contributed by atoms with Gasteiger partial charge in [0.05, 0.1) is 25.4 Å². The molecule has 0 unspecified atom stereocenters. The highest BCUT2D eigenvalue weighted by Crippen LogP contribution is 2.20. The number of morpholine rings is 1. The molecule has 98 valence electrons. The van der Waals surface area contributed by atoms with Crippen molar-refractivity contribution >= 4 is 5.91 Å². The quantitative estimate of drug-likeness (QED) is 0.818. The van der Waals surface area contributed by atoms with Crippen LogP contribution in [0.15, 0.2) is 24.3 Å². The van der Waals surface area contributed by atoms with E-state index >= 15 is 0 Å². The molecule has 0 saturated carbocycles. The Balaban J connectivity index is 2.12. The Kier molecular flexibility index (Phi) is 4.59. The second-order valence-corrected chi connectivity index (χ2v) is 4.25. The van der Waals surface area contributed by atoms with E-state index in [9.17, 15) is 4.79 Å². The van der Waals surface area contributed by atoms with Crippen LogP contribution in [-0.2, 0) is 4.74 Å². The van der Waals surface area contributed by atoms with Crippen LogP contribution in [0.5, 0.6) is 5.75 Å². The standard InChI is InChI=1S/C14H19NO3/c1-2-9-18-13-6-4-3-5-12(13)14(16)15-7-10-17-11-8-15/h3-6H,2,7-11H2,1H3. The van der Waals surface area contributed by atoms with Crippen molar-refractivity contribution in [3.05, 3.63) is 29.8 Å². The van der Waals surface area contributed by atoms with Crippen molar-refractivity contribution in [1.29, 1.82) is 0 Å². The van der Waals surface area contributed by atoms with E-state index in [4.69, 9.17) is 9.47 Å². The van der Waals surface area contributed by atoms with Crippen LogP contribution in [0.2, 0.25) is 0 Å². The summed E-state index contributed by atoms with van der Waals surface area (Å²) in [6.45, 7) is 5.22. The second kappa shape index (κ2) is 6.40. The van der Waals surface area contributed by atoms with E-state index in [0.29, 0.717) is 44.2 Å². The van der Waals surface area contributed by atoms with Crippen LogP contribution in [0.1, 0.15) is 23.7 Å². The first-order valence-corrected chi connectivity index (χ1v) is 6.41. The van der Waals surface area contributed by atoms with Gasteiger partial charge >= 0.3 is 0 Å². The van der Waals surface area contributed by atoms with E-state index in [-0.39, 0.29) is 5.91 Å². The van der Waals surface area contributed by atoms with E-state index in [2.05, 4.69) is 0 Å². The van der Waals surface area contributed by atoms with Gasteiger partial charge in [0, 0.05) is 13.1 Å². The van der Waals surface area contributed by atoms with Gasteiger partial charge in [0.2, 0.25) is 0 Å². The summed E-state index contributed by atoms with van der Waals surface area (Å²) in [6.07, 6.45) is 0.931. The minimum Gasteiger partial charge on any atom is -0.493 e. The minimum absolute atomic E-state index is 0.0324. The smallest absolute Gasteiger partial charge is 0.257 e. The van der Waals surface area contributed by atoms with Crippen molar-refractivity contribution in [3.63, 3.8) is 0 Å². The fourth-order valence-corrected chi connectivity index (χ4v) is 1.92. The molecule has 1 amide bonds. The Bertz CT molecular complexity index is 400. The SMILES string of the molecule is CCCOc1ccccc1C(=O)N1CCOCC1. The molecule has 2 rings (SSSR count). The molecule has 1 aliphatic rings. The van der Waals surface area contributed by atoms with Crippen molar-refractivity contribution in [2.24, 2.45) is 0 Å². The number of benzene rings is 1.